The van der Waals surface area contributed by atoms with Crippen LogP contribution in [0.15, 0.2) is 54.6 Å². The van der Waals surface area contributed by atoms with Gasteiger partial charge in [-0.05, 0) is 22.8 Å². The molecule has 1 nitrogen and oxygen atoms in total. The van der Waals surface area contributed by atoms with Gasteiger partial charge in [0.05, 0.1) is 6.10 Å². The molecule has 0 aliphatic carbocycles. The molecular formula is C17H13F7O. The average molecular weight is 366 g/mol. The van der Waals surface area contributed by atoms with Crippen LogP contribution in [0.25, 0.3) is 11.1 Å². The highest BCUT2D eigenvalue weighted by Crippen LogP contribution is 2.49. The highest BCUT2D eigenvalue weighted by Gasteiger charge is 2.72. The monoisotopic (exact) mass is 366 g/mol. The molecule has 136 valence electrons. The van der Waals surface area contributed by atoms with Crippen LogP contribution in [0.5, 0.6) is 0 Å². The number of hydrogen-bond acceptors (Lipinski definition) is 1. The number of halogens is 7. The third-order valence-corrected chi connectivity index (χ3v) is 3.64. The summed E-state index contributed by atoms with van der Waals surface area (Å²) in [5.41, 5.74) is 0.992. The van der Waals surface area contributed by atoms with Crippen molar-refractivity contribution in [2.75, 3.05) is 0 Å². The second-order valence-corrected chi connectivity index (χ2v) is 5.49. The van der Waals surface area contributed by atoms with E-state index < -0.39 is 30.5 Å². The Kier molecular flexibility index (Phi) is 5.13. The van der Waals surface area contributed by atoms with E-state index in [1.807, 2.05) is 0 Å². The van der Waals surface area contributed by atoms with Crippen LogP contribution in [-0.2, 0) is 0 Å². The van der Waals surface area contributed by atoms with Crippen LogP contribution < -0.4 is 0 Å². The lowest BCUT2D eigenvalue weighted by Gasteiger charge is -2.29. The van der Waals surface area contributed by atoms with E-state index in [1.165, 1.54) is 18.2 Å². The SMILES string of the molecule is OC(CC(F)(F)C(F)(F)C(F)(F)F)c1cccc(-c2ccccc2)c1. The van der Waals surface area contributed by atoms with E-state index in [-0.39, 0.29) is 5.56 Å². The third-order valence-electron chi connectivity index (χ3n) is 3.64. The van der Waals surface area contributed by atoms with E-state index >= 15 is 0 Å². The van der Waals surface area contributed by atoms with Crippen LogP contribution in [0.4, 0.5) is 30.7 Å². The van der Waals surface area contributed by atoms with Crippen LogP contribution in [-0.4, -0.2) is 23.1 Å². The Morgan fingerprint density at radius 3 is 1.88 bits per heavy atom. The zero-order valence-corrected chi connectivity index (χ0v) is 12.6. The Morgan fingerprint density at radius 2 is 1.32 bits per heavy atom. The number of aliphatic hydroxyl groups is 1. The predicted octanol–water partition coefficient (Wildman–Crippen LogP) is 5.61. The number of benzene rings is 2. The van der Waals surface area contributed by atoms with Crippen LogP contribution >= 0.6 is 0 Å². The fraction of sp³-hybridized carbons (Fsp3) is 0.294. The first-order valence-electron chi connectivity index (χ1n) is 7.11. The molecule has 1 unspecified atom stereocenters. The maximum Gasteiger partial charge on any atom is 0.459 e. The summed E-state index contributed by atoms with van der Waals surface area (Å²) in [5, 5.41) is 9.78. The molecule has 1 atom stereocenters. The molecule has 8 heteroatoms. The van der Waals surface area contributed by atoms with Crippen molar-refractivity contribution >= 4 is 0 Å². The van der Waals surface area contributed by atoms with Gasteiger partial charge in [0.15, 0.2) is 0 Å². The van der Waals surface area contributed by atoms with E-state index in [9.17, 15) is 35.8 Å². The van der Waals surface area contributed by atoms with Gasteiger partial charge in [0.25, 0.3) is 0 Å². The largest absolute Gasteiger partial charge is 0.459 e. The Morgan fingerprint density at radius 1 is 0.760 bits per heavy atom. The molecule has 25 heavy (non-hydrogen) atoms. The summed E-state index contributed by atoms with van der Waals surface area (Å²) in [5.74, 6) is -11.7. The topological polar surface area (TPSA) is 20.2 Å². The Bertz CT molecular complexity index is 710. The minimum absolute atomic E-state index is 0.181. The summed E-state index contributed by atoms with van der Waals surface area (Å²) in [6, 6.07) is 14.0. The van der Waals surface area contributed by atoms with Crippen LogP contribution in [0.2, 0.25) is 0 Å². The second-order valence-electron chi connectivity index (χ2n) is 5.49. The highest BCUT2D eigenvalue weighted by atomic mass is 19.4. The van der Waals surface area contributed by atoms with Crippen molar-refractivity contribution in [3.05, 3.63) is 60.2 Å². The zero-order chi connectivity index (χ0) is 18.9. The molecule has 0 amide bonds. The van der Waals surface area contributed by atoms with Gasteiger partial charge in [0.1, 0.15) is 0 Å². The summed E-state index contributed by atoms with van der Waals surface area (Å²) in [4.78, 5) is 0. The molecule has 0 saturated heterocycles. The third kappa shape index (κ3) is 3.95. The number of rotatable bonds is 5. The molecule has 0 saturated carbocycles. The van der Waals surface area contributed by atoms with Crippen molar-refractivity contribution in [2.45, 2.75) is 30.5 Å². The molecule has 2 aromatic carbocycles. The molecule has 0 spiro atoms. The van der Waals surface area contributed by atoms with Gasteiger partial charge in [-0.3, -0.25) is 0 Å². The molecule has 2 rings (SSSR count). The molecule has 0 bridgehead atoms. The summed E-state index contributed by atoms with van der Waals surface area (Å²) >= 11 is 0. The van der Waals surface area contributed by atoms with Gasteiger partial charge >= 0.3 is 18.0 Å². The van der Waals surface area contributed by atoms with Crippen molar-refractivity contribution < 1.29 is 35.8 Å². The van der Waals surface area contributed by atoms with Crippen LogP contribution in [0.1, 0.15) is 18.1 Å². The van der Waals surface area contributed by atoms with Gasteiger partial charge in [-0.2, -0.15) is 30.7 Å². The van der Waals surface area contributed by atoms with Gasteiger partial charge in [-0.15, -0.1) is 0 Å². The molecule has 1 N–H and O–H groups in total. The van der Waals surface area contributed by atoms with Gasteiger partial charge in [0, 0.05) is 6.42 Å². The van der Waals surface area contributed by atoms with Gasteiger partial charge < -0.3 is 5.11 Å². The molecule has 0 heterocycles. The van der Waals surface area contributed by atoms with E-state index in [2.05, 4.69) is 0 Å². The standard InChI is InChI=1S/C17H13F7O/c18-15(19,16(20,21)17(22,23)24)10-14(25)13-8-4-7-12(9-13)11-5-2-1-3-6-11/h1-9,14,25H,10H2. The second kappa shape index (κ2) is 6.67. The quantitative estimate of drug-likeness (QED) is 0.682. The number of aliphatic hydroxyl groups excluding tert-OH is 1. The molecule has 0 fully saturated rings. The highest BCUT2D eigenvalue weighted by molar-refractivity contribution is 5.64. The van der Waals surface area contributed by atoms with Crippen molar-refractivity contribution in [1.82, 2.24) is 0 Å². The van der Waals surface area contributed by atoms with E-state index in [0.717, 1.165) is 0 Å². The first-order valence-corrected chi connectivity index (χ1v) is 7.11. The molecular weight excluding hydrogens is 353 g/mol. The summed E-state index contributed by atoms with van der Waals surface area (Å²) in [6.07, 6.45) is -10.7. The summed E-state index contributed by atoms with van der Waals surface area (Å²) < 4.78 is 89.2. The minimum atomic E-state index is -6.41. The summed E-state index contributed by atoms with van der Waals surface area (Å²) in [7, 11) is 0. The minimum Gasteiger partial charge on any atom is -0.388 e. The van der Waals surface area contributed by atoms with Gasteiger partial charge in [-0.25, -0.2) is 0 Å². The maximum atomic E-state index is 13.4. The number of hydrogen-bond donors (Lipinski definition) is 1. The number of alkyl halides is 7. The lowest BCUT2D eigenvalue weighted by atomic mass is 9.96. The van der Waals surface area contributed by atoms with Crippen molar-refractivity contribution in [2.24, 2.45) is 0 Å². The van der Waals surface area contributed by atoms with Gasteiger partial charge in [0.2, 0.25) is 0 Å². The normalized spacial score (nSPS) is 14.4. The van der Waals surface area contributed by atoms with Gasteiger partial charge in [-0.1, -0.05) is 48.5 Å². The first-order chi connectivity index (χ1) is 11.5. The first kappa shape index (κ1) is 19.2. The van der Waals surface area contributed by atoms with E-state index in [1.54, 1.807) is 36.4 Å². The fourth-order valence-corrected chi connectivity index (χ4v) is 2.25. The zero-order valence-electron chi connectivity index (χ0n) is 12.6. The lowest BCUT2D eigenvalue weighted by molar-refractivity contribution is -0.358. The molecule has 2 aromatic rings. The molecule has 0 aromatic heterocycles. The average Bonchev–Trinajstić information content (AvgIpc) is 2.54. The van der Waals surface area contributed by atoms with Crippen LogP contribution in [0, 0.1) is 0 Å². The fourth-order valence-electron chi connectivity index (χ4n) is 2.25. The van der Waals surface area contributed by atoms with Crippen molar-refractivity contribution in [1.29, 1.82) is 0 Å². The molecule has 0 aliphatic heterocycles. The van der Waals surface area contributed by atoms with Crippen LogP contribution in [0.3, 0.4) is 0 Å². The van der Waals surface area contributed by atoms with E-state index in [0.29, 0.717) is 11.1 Å². The van der Waals surface area contributed by atoms with Crippen molar-refractivity contribution in [3.63, 3.8) is 0 Å². The Labute approximate surface area is 138 Å². The smallest absolute Gasteiger partial charge is 0.388 e. The maximum absolute atomic E-state index is 13.4. The molecule has 0 aliphatic rings. The molecule has 0 radical (unpaired) electrons. The Balaban J connectivity index is 2.25. The van der Waals surface area contributed by atoms with E-state index in [4.69, 9.17) is 0 Å². The lowest BCUT2D eigenvalue weighted by Crippen LogP contribution is -2.52. The van der Waals surface area contributed by atoms with Crippen molar-refractivity contribution in [3.8, 4) is 11.1 Å². The Hall–Kier alpha value is -2.09. The predicted molar refractivity (Wildman–Crippen MR) is 77.4 cm³/mol. The summed E-state index contributed by atoms with van der Waals surface area (Å²) in [6.45, 7) is 0.